The van der Waals surface area contributed by atoms with Crippen LogP contribution < -0.4 is 5.32 Å². The van der Waals surface area contributed by atoms with Gasteiger partial charge in [0.25, 0.3) is 0 Å². The molecule has 0 radical (unpaired) electrons. The molecule has 0 amide bonds. The molecule has 0 aliphatic carbocycles. The minimum atomic E-state index is -0.220. The van der Waals surface area contributed by atoms with Crippen LogP contribution in [0.3, 0.4) is 0 Å². The first kappa shape index (κ1) is 13.6. The van der Waals surface area contributed by atoms with Crippen molar-refractivity contribution in [2.24, 2.45) is 0 Å². The highest BCUT2D eigenvalue weighted by Gasteiger charge is 2.12. The maximum Gasteiger partial charge on any atom is 0.137 e. The maximum atomic E-state index is 13.4. The summed E-state index contributed by atoms with van der Waals surface area (Å²) in [6.45, 7) is 4.06. The summed E-state index contributed by atoms with van der Waals surface area (Å²) in [6, 6.07) is 7.81. The summed E-state index contributed by atoms with van der Waals surface area (Å²) < 4.78 is 13.9. The van der Waals surface area contributed by atoms with Gasteiger partial charge in [-0.15, -0.1) is 11.3 Å². The Morgan fingerprint density at radius 3 is 2.83 bits per heavy atom. The van der Waals surface area contributed by atoms with Crippen LogP contribution >= 0.6 is 27.3 Å². The standard InChI is InChI=1S/C14H15BrFNS/c1-3-12(14-5-4-6-18-14)17-13-8-10(15)11(16)7-9(13)2/h4-8,12,17H,3H2,1-2H3. The summed E-state index contributed by atoms with van der Waals surface area (Å²) in [5, 5.41) is 5.56. The van der Waals surface area contributed by atoms with E-state index in [9.17, 15) is 4.39 Å². The Bertz CT molecular complexity index is 525. The monoisotopic (exact) mass is 327 g/mol. The predicted molar refractivity (Wildman–Crippen MR) is 79.8 cm³/mol. The van der Waals surface area contributed by atoms with E-state index in [0.717, 1.165) is 17.7 Å². The molecule has 0 aliphatic rings. The highest BCUT2D eigenvalue weighted by Crippen LogP contribution is 2.30. The van der Waals surface area contributed by atoms with Gasteiger partial charge in [0.1, 0.15) is 5.82 Å². The molecule has 0 spiro atoms. The zero-order chi connectivity index (χ0) is 13.1. The Morgan fingerprint density at radius 2 is 2.22 bits per heavy atom. The molecule has 0 bridgehead atoms. The van der Waals surface area contributed by atoms with Gasteiger partial charge in [0.05, 0.1) is 10.5 Å². The third kappa shape index (κ3) is 2.93. The number of nitrogens with one attached hydrogen (secondary N) is 1. The van der Waals surface area contributed by atoms with Gasteiger partial charge in [0, 0.05) is 10.6 Å². The second-order valence-electron chi connectivity index (χ2n) is 4.20. The fourth-order valence-corrected chi connectivity index (χ4v) is 3.06. The van der Waals surface area contributed by atoms with Crippen molar-refractivity contribution in [3.8, 4) is 0 Å². The van der Waals surface area contributed by atoms with Gasteiger partial charge in [-0.3, -0.25) is 0 Å². The van der Waals surface area contributed by atoms with Crippen LogP contribution in [0.25, 0.3) is 0 Å². The second-order valence-corrected chi connectivity index (χ2v) is 6.04. The van der Waals surface area contributed by atoms with Gasteiger partial charge in [-0.05, 0) is 58.4 Å². The van der Waals surface area contributed by atoms with Crippen LogP contribution in [0.4, 0.5) is 10.1 Å². The molecule has 2 aromatic rings. The lowest BCUT2D eigenvalue weighted by Gasteiger charge is -2.19. The smallest absolute Gasteiger partial charge is 0.137 e. The van der Waals surface area contributed by atoms with Crippen molar-refractivity contribution in [1.29, 1.82) is 0 Å². The van der Waals surface area contributed by atoms with E-state index >= 15 is 0 Å². The Labute approximate surface area is 119 Å². The van der Waals surface area contributed by atoms with Crippen molar-refractivity contribution in [3.05, 3.63) is 50.4 Å². The first-order chi connectivity index (χ1) is 8.61. The predicted octanol–water partition coefficient (Wildman–Crippen LogP) is 5.52. The number of rotatable bonds is 4. The van der Waals surface area contributed by atoms with E-state index in [4.69, 9.17) is 0 Å². The fraction of sp³-hybridized carbons (Fsp3) is 0.286. The van der Waals surface area contributed by atoms with Gasteiger partial charge in [0.15, 0.2) is 0 Å². The lowest BCUT2D eigenvalue weighted by Crippen LogP contribution is -2.09. The van der Waals surface area contributed by atoms with Crippen LogP contribution in [-0.4, -0.2) is 0 Å². The third-order valence-electron chi connectivity index (χ3n) is 2.89. The molecule has 1 atom stereocenters. The Hall–Kier alpha value is -0.870. The topological polar surface area (TPSA) is 12.0 Å². The SMILES string of the molecule is CCC(Nc1cc(Br)c(F)cc1C)c1cccs1. The Balaban J connectivity index is 2.25. The minimum Gasteiger partial charge on any atom is -0.377 e. The van der Waals surface area contributed by atoms with Crippen molar-refractivity contribution in [2.45, 2.75) is 26.3 Å². The van der Waals surface area contributed by atoms with Gasteiger partial charge >= 0.3 is 0 Å². The Kier molecular flexibility index (Phi) is 4.40. The molecule has 0 saturated heterocycles. The molecule has 96 valence electrons. The molecule has 18 heavy (non-hydrogen) atoms. The van der Waals surface area contributed by atoms with E-state index in [-0.39, 0.29) is 11.9 Å². The van der Waals surface area contributed by atoms with Gasteiger partial charge in [-0.25, -0.2) is 4.39 Å². The second kappa shape index (κ2) is 5.85. The van der Waals surface area contributed by atoms with Crippen molar-refractivity contribution >= 4 is 33.0 Å². The zero-order valence-electron chi connectivity index (χ0n) is 10.3. The number of halogens is 2. The van der Waals surface area contributed by atoms with Crippen molar-refractivity contribution in [2.75, 3.05) is 5.32 Å². The summed E-state index contributed by atoms with van der Waals surface area (Å²) in [7, 11) is 0. The van der Waals surface area contributed by atoms with E-state index in [1.807, 2.05) is 6.92 Å². The van der Waals surface area contributed by atoms with Crippen LogP contribution in [0.5, 0.6) is 0 Å². The molecule has 1 nitrogen and oxygen atoms in total. The fourth-order valence-electron chi connectivity index (χ4n) is 1.85. The number of benzene rings is 1. The van der Waals surface area contributed by atoms with Crippen LogP contribution in [0.2, 0.25) is 0 Å². The Morgan fingerprint density at radius 1 is 1.44 bits per heavy atom. The van der Waals surface area contributed by atoms with E-state index in [0.29, 0.717) is 4.47 Å². The van der Waals surface area contributed by atoms with E-state index in [1.54, 1.807) is 23.5 Å². The number of aryl methyl sites for hydroxylation is 1. The van der Waals surface area contributed by atoms with Crippen LogP contribution in [0.1, 0.15) is 29.8 Å². The largest absolute Gasteiger partial charge is 0.377 e. The number of anilines is 1. The molecule has 0 fully saturated rings. The molecule has 4 heteroatoms. The van der Waals surface area contributed by atoms with Crippen LogP contribution in [0.15, 0.2) is 34.1 Å². The van der Waals surface area contributed by atoms with Gasteiger partial charge in [0.2, 0.25) is 0 Å². The first-order valence-electron chi connectivity index (χ1n) is 5.87. The molecule has 1 heterocycles. The number of thiophene rings is 1. The molecular weight excluding hydrogens is 313 g/mol. The molecule has 1 unspecified atom stereocenters. The van der Waals surface area contributed by atoms with Gasteiger partial charge in [-0.1, -0.05) is 13.0 Å². The average Bonchev–Trinajstić information content (AvgIpc) is 2.85. The zero-order valence-corrected chi connectivity index (χ0v) is 12.7. The summed E-state index contributed by atoms with van der Waals surface area (Å²) in [6.07, 6.45) is 0.995. The van der Waals surface area contributed by atoms with E-state index in [1.165, 1.54) is 4.88 Å². The lowest BCUT2D eigenvalue weighted by atomic mass is 10.1. The van der Waals surface area contributed by atoms with Crippen LogP contribution in [-0.2, 0) is 0 Å². The molecule has 2 rings (SSSR count). The van der Waals surface area contributed by atoms with E-state index < -0.39 is 0 Å². The van der Waals surface area contributed by atoms with Crippen molar-refractivity contribution in [3.63, 3.8) is 0 Å². The van der Waals surface area contributed by atoms with Gasteiger partial charge in [-0.2, -0.15) is 0 Å². The summed E-state index contributed by atoms with van der Waals surface area (Å²) in [5.74, 6) is -0.220. The van der Waals surface area contributed by atoms with Gasteiger partial charge < -0.3 is 5.32 Å². The lowest BCUT2D eigenvalue weighted by molar-refractivity contribution is 0.619. The maximum absolute atomic E-state index is 13.4. The highest BCUT2D eigenvalue weighted by molar-refractivity contribution is 9.10. The third-order valence-corrected chi connectivity index (χ3v) is 4.49. The van der Waals surface area contributed by atoms with Crippen LogP contribution in [0, 0.1) is 12.7 Å². The molecule has 1 aromatic carbocycles. The average molecular weight is 328 g/mol. The highest BCUT2D eigenvalue weighted by atomic mass is 79.9. The number of hydrogen-bond donors (Lipinski definition) is 1. The minimum absolute atomic E-state index is 0.220. The summed E-state index contributed by atoms with van der Waals surface area (Å²) in [5.41, 5.74) is 1.90. The normalized spacial score (nSPS) is 12.4. The summed E-state index contributed by atoms with van der Waals surface area (Å²) >= 11 is 4.97. The molecule has 0 saturated carbocycles. The molecule has 1 aromatic heterocycles. The van der Waals surface area contributed by atoms with E-state index in [2.05, 4.69) is 45.7 Å². The number of hydrogen-bond acceptors (Lipinski definition) is 2. The van der Waals surface area contributed by atoms with Crippen molar-refractivity contribution in [1.82, 2.24) is 0 Å². The molecule has 0 aliphatic heterocycles. The molecule has 1 N–H and O–H groups in total. The molecular formula is C14H15BrFNS. The summed E-state index contributed by atoms with van der Waals surface area (Å²) in [4.78, 5) is 1.30. The van der Waals surface area contributed by atoms with Crippen molar-refractivity contribution < 1.29 is 4.39 Å². The quantitative estimate of drug-likeness (QED) is 0.779. The first-order valence-corrected chi connectivity index (χ1v) is 7.54.